The quantitative estimate of drug-likeness (QED) is 0.292. The van der Waals surface area contributed by atoms with Gasteiger partial charge in [0.25, 0.3) is 0 Å². The van der Waals surface area contributed by atoms with Crippen LogP contribution in [0.2, 0.25) is 0 Å². The Hall–Kier alpha value is -3.62. The van der Waals surface area contributed by atoms with Crippen molar-refractivity contribution in [2.45, 2.75) is 25.7 Å². The van der Waals surface area contributed by atoms with Crippen LogP contribution in [-0.4, -0.2) is 23.2 Å². The molecule has 7 nitrogen and oxygen atoms in total. The second-order valence-corrected chi connectivity index (χ2v) is 8.67. The zero-order valence-electron chi connectivity index (χ0n) is 18.1. The van der Waals surface area contributed by atoms with E-state index in [0.29, 0.717) is 11.1 Å². The standard InChI is InChI=1S/C15H13N4.C9H12O3S/c16-19-17-14(12-7-3-1-4-8-12)11-15(18-19)13-9-5-2-6-10-13;1-6-4-7(2)9(8(3)5-6)13(10,11)12/h1-11H,(H2,16,17,18);4-5H,1-3H3,(H,10,11,12)/q+1;/p-1. The second-order valence-electron chi connectivity index (χ2n) is 7.35. The maximum Gasteiger partial charge on any atom is 0.148 e. The molecule has 0 amide bonds. The molecule has 4 rings (SSSR count). The molecule has 1 aromatic heterocycles. The summed E-state index contributed by atoms with van der Waals surface area (Å²) in [6, 6.07) is 25.1. The van der Waals surface area contributed by atoms with Crippen molar-refractivity contribution in [1.29, 1.82) is 0 Å². The molecule has 8 heteroatoms. The first-order chi connectivity index (χ1) is 15.1. The summed E-state index contributed by atoms with van der Waals surface area (Å²) in [7, 11) is -4.33. The number of hydrogen-bond donors (Lipinski definition) is 1. The highest BCUT2D eigenvalue weighted by atomic mass is 32.2. The van der Waals surface area contributed by atoms with Gasteiger partial charge in [0.2, 0.25) is 0 Å². The van der Waals surface area contributed by atoms with Crippen molar-refractivity contribution < 1.29 is 17.9 Å². The average molecular weight is 449 g/mol. The summed E-state index contributed by atoms with van der Waals surface area (Å²) in [6.07, 6.45) is 0. The summed E-state index contributed by atoms with van der Waals surface area (Å²) in [5, 5.41) is 8.43. The van der Waals surface area contributed by atoms with E-state index in [-0.39, 0.29) is 4.90 Å². The molecule has 0 bridgehead atoms. The van der Waals surface area contributed by atoms with Gasteiger partial charge < -0.3 is 4.55 Å². The molecule has 0 aliphatic heterocycles. The molecule has 0 unspecified atom stereocenters. The number of benzene rings is 3. The molecule has 0 saturated heterocycles. The highest BCUT2D eigenvalue weighted by Gasteiger charge is 2.12. The third kappa shape index (κ3) is 5.75. The fourth-order valence-electron chi connectivity index (χ4n) is 3.49. The lowest BCUT2D eigenvalue weighted by Crippen LogP contribution is -2.52. The van der Waals surface area contributed by atoms with Crippen LogP contribution in [0, 0.1) is 20.8 Å². The number of nitrogens with zero attached hydrogens (tertiary/aromatic N) is 3. The molecule has 0 aliphatic rings. The molecule has 0 saturated carbocycles. The number of nitrogen functional groups attached to an aromatic ring is 1. The van der Waals surface area contributed by atoms with Crippen molar-refractivity contribution in [3.8, 4) is 22.5 Å². The third-order valence-corrected chi connectivity index (χ3v) is 5.83. The van der Waals surface area contributed by atoms with E-state index < -0.39 is 10.1 Å². The van der Waals surface area contributed by atoms with E-state index in [0.717, 1.165) is 33.0 Å². The van der Waals surface area contributed by atoms with E-state index in [4.69, 9.17) is 5.84 Å². The largest absolute Gasteiger partial charge is 0.744 e. The molecule has 0 aliphatic carbocycles. The van der Waals surface area contributed by atoms with Crippen LogP contribution in [0.5, 0.6) is 0 Å². The van der Waals surface area contributed by atoms with Crippen LogP contribution in [-0.2, 0) is 10.1 Å². The summed E-state index contributed by atoms with van der Waals surface area (Å²) in [5.74, 6) is 5.73. The molecule has 164 valence electrons. The monoisotopic (exact) mass is 448 g/mol. The Morgan fingerprint density at radius 3 is 1.53 bits per heavy atom. The molecular weight excluding hydrogens is 424 g/mol. The van der Waals surface area contributed by atoms with Gasteiger partial charge in [-0.3, -0.25) is 0 Å². The van der Waals surface area contributed by atoms with Gasteiger partial charge in [0.05, 0.1) is 15.1 Å². The van der Waals surface area contributed by atoms with Crippen molar-refractivity contribution in [3.05, 3.63) is 95.6 Å². The third-order valence-electron chi connectivity index (χ3n) is 4.69. The Morgan fingerprint density at radius 2 is 1.16 bits per heavy atom. The summed E-state index contributed by atoms with van der Waals surface area (Å²) < 4.78 is 32.5. The highest BCUT2D eigenvalue weighted by molar-refractivity contribution is 7.85. The molecule has 0 radical (unpaired) electrons. The van der Waals surface area contributed by atoms with Gasteiger partial charge in [-0.25, -0.2) is 8.42 Å². The van der Waals surface area contributed by atoms with Crippen molar-refractivity contribution in [2.24, 2.45) is 0 Å². The van der Waals surface area contributed by atoms with Crippen molar-refractivity contribution in [3.63, 3.8) is 0 Å². The zero-order chi connectivity index (χ0) is 23.3. The Balaban J connectivity index is 0.000000195. The van der Waals surface area contributed by atoms with Gasteiger partial charge in [-0.2, -0.15) is 5.84 Å². The minimum Gasteiger partial charge on any atom is -0.744 e. The van der Waals surface area contributed by atoms with E-state index in [9.17, 15) is 13.0 Å². The SMILES string of the molecule is Cc1cc(C)c(S(=O)(=O)[O-])c(C)c1.N[n+]1nc(-c2ccccc2)cc(-c2ccccc2)n1. The maximum atomic E-state index is 10.8. The molecule has 1 heterocycles. The van der Waals surface area contributed by atoms with E-state index in [2.05, 4.69) is 10.2 Å². The van der Waals surface area contributed by atoms with Gasteiger partial charge in [0.15, 0.2) is 0 Å². The van der Waals surface area contributed by atoms with Gasteiger partial charge in [-0.1, -0.05) is 78.4 Å². The fraction of sp³-hybridized carbons (Fsp3) is 0.125. The van der Waals surface area contributed by atoms with Crippen LogP contribution >= 0.6 is 0 Å². The Morgan fingerprint density at radius 1 is 0.750 bits per heavy atom. The summed E-state index contributed by atoms with van der Waals surface area (Å²) >= 11 is 0. The Kier molecular flexibility index (Phi) is 6.97. The average Bonchev–Trinajstić information content (AvgIpc) is 2.73. The van der Waals surface area contributed by atoms with E-state index >= 15 is 0 Å². The first kappa shape index (κ1) is 23.1. The zero-order valence-corrected chi connectivity index (χ0v) is 18.9. The first-order valence-electron chi connectivity index (χ1n) is 9.86. The van der Waals surface area contributed by atoms with Gasteiger partial charge in [0.1, 0.15) is 26.4 Å². The molecule has 0 atom stereocenters. The fourth-order valence-corrected chi connectivity index (χ4v) is 4.40. The van der Waals surface area contributed by atoms with Crippen LogP contribution in [0.15, 0.2) is 83.8 Å². The number of aryl methyl sites for hydroxylation is 3. The molecule has 0 spiro atoms. The smallest absolute Gasteiger partial charge is 0.148 e. The summed E-state index contributed by atoms with van der Waals surface area (Å²) in [5.41, 5.74) is 5.64. The Labute approximate surface area is 187 Å². The lowest BCUT2D eigenvalue weighted by atomic mass is 10.1. The lowest BCUT2D eigenvalue weighted by molar-refractivity contribution is -0.756. The van der Waals surface area contributed by atoms with Gasteiger partial charge >= 0.3 is 0 Å². The number of hydrogen-bond acceptors (Lipinski definition) is 6. The van der Waals surface area contributed by atoms with Crippen LogP contribution in [0.25, 0.3) is 22.5 Å². The van der Waals surface area contributed by atoms with Crippen molar-refractivity contribution >= 4 is 10.1 Å². The second kappa shape index (κ2) is 9.67. The molecule has 0 fully saturated rings. The predicted octanol–water partition coefficient (Wildman–Crippen LogP) is 3.33. The predicted molar refractivity (Wildman–Crippen MR) is 122 cm³/mol. The number of nitrogens with two attached hydrogens (primary N) is 1. The molecule has 3 aromatic carbocycles. The molecule has 2 N–H and O–H groups in total. The lowest BCUT2D eigenvalue weighted by Gasteiger charge is -2.14. The number of rotatable bonds is 3. The van der Waals surface area contributed by atoms with Gasteiger partial charge in [-0.05, 0) is 31.9 Å². The van der Waals surface area contributed by atoms with Crippen molar-refractivity contribution in [2.75, 3.05) is 5.84 Å². The van der Waals surface area contributed by atoms with E-state index in [1.54, 1.807) is 26.0 Å². The van der Waals surface area contributed by atoms with E-state index in [1.807, 2.05) is 73.7 Å². The van der Waals surface area contributed by atoms with Crippen molar-refractivity contribution in [1.82, 2.24) is 10.2 Å². The number of aromatic nitrogens is 3. The maximum absolute atomic E-state index is 10.8. The minimum atomic E-state index is -4.33. The topological polar surface area (TPSA) is 113 Å². The van der Waals surface area contributed by atoms with Crippen LogP contribution in [0.4, 0.5) is 0 Å². The molecule has 32 heavy (non-hydrogen) atoms. The minimum absolute atomic E-state index is 0.0851. The van der Waals surface area contributed by atoms with Gasteiger partial charge in [-0.15, -0.1) is 0 Å². The molecule has 4 aromatic rings. The molecular formula is C24H24N4O3S. The normalized spacial score (nSPS) is 10.9. The summed E-state index contributed by atoms with van der Waals surface area (Å²) in [4.78, 5) is 1.03. The van der Waals surface area contributed by atoms with Crippen LogP contribution in [0.3, 0.4) is 0 Å². The highest BCUT2D eigenvalue weighted by Crippen LogP contribution is 2.22. The Bertz CT molecular complexity index is 1250. The van der Waals surface area contributed by atoms with Crippen LogP contribution in [0.1, 0.15) is 16.7 Å². The van der Waals surface area contributed by atoms with E-state index in [1.165, 1.54) is 0 Å². The first-order valence-corrected chi connectivity index (χ1v) is 11.3. The van der Waals surface area contributed by atoms with Gasteiger partial charge in [0, 0.05) is 17.2 Å². The van der Waals surface area contributed by atoms with Crippen LogP contribution < -0.4 is 10.7 Å². The summed E-state index contributed by atoms with van der Waals surface area (Å²) in [6.45, 7) is 5.12.